The number of ketones is 1. The van der Waals surface area contributed by atoms with Crippen molar-refractivity contribution in [3.05, 3.63) is 76.4 Å². The second-order valence-electron chi connectivity index (χ2n) is 7.82. The first-order valence-electron chi connectivity index (χ1n) is 10.2. The van der Waals surface area contributed by atoms with Crippen molar-refractivity contribution >= 4 is 34.2 Å². The molecule has 2 heterocycles. The Bertz CT molecular complexity index is 1150. The molecule has 31 heavy (non-hydrogen) atoms. The van der Waals surface area contributed by atoms with Gasteiger partial charge >= 0.3 is 0 Å². The lowest BCUT2D eigenvalue weighted by Crippen LogP contribution is -2.38. The van der Waals surface area contributed by atoms with Gasteiger partial charge in [-0.15, -0.1) is 0 Å². The monoisotopic (exact) mass is 442 g/mol. The van der Waals surface area contributed by atoms with E-state index in [1.807, 2.05) is 6.07 Å². The highest BCUT2D eigenvalue weighted by Gasteiger charge is 2.27. The first-order valence-corrected chi connectivity index (χ1v) is 10.6. The molecule has 1 fully saturated rings. The van der Waals surface area contributed by atoms with Gasteiger partial charge in [-0.2, -0.15) is 0 Å². The van der Waals surface area contributed by atoms with Crippen molar-refractivity contribution in [3.8, 4) is 0 Å². The van der Waals surface area contributed by atoms with Gasteiger partial charge < -0.3 is 4.90 Å². The second kappa shape index (κ2) is 9.10. The molecule has 7 heteroatoms. The number of benzene rings is 2. The van der Waals surface area contributed by atoms with Crippen LogP contribution in [0.15, 0.2) is 48.7 Å². The lowest BCUT2D eigenvalue weighted by Gasteiger charge is -2.20. The van der Waals surface area contributed by atoms with E-state index in [1.54, 1.807) is 17.2 Å². The number of nitrogens with zero attached hydrogens (tertiary/aromatic N) is 2. The third-order valence-corrected chi connectivity index (χ3v) is 6.03. The maximum absolute atomic E-state index is 14.0. The van der Waals surface area contributed by atoms with E-state index in [0.717, 1.165) is 35.4 Å². The van der Waals surface area contributed by atoms with E-state index >= 15 is 0 Å². The number of halogens is 3. The van der Waals surface area contributed by atoms with Crippen LogP contribution in [0.5, 0.6) is 0 Å². The van der Waals surface area contributed by atoms with Crippen LogP contribution >= 0.6 is 11.6 Å². The maximum Gasteiger partial charge on any atom is 0.290 e. The average Bonchev–Trinajstić information content (AvgIpc) is 3.01. The van der Waals surface area contributed by atoms with Crippen LogP contribution in [-0.4, -0.2) is 34.7 Å². The summed E-state index contributed by atoms with van der Waals surface area (Å²) in [6.07, 6.45) is 3.62. The molecule has 160 valence electrons. The number of rotatable bonds is 4. The van der Waals surface area contributed by atoms with E-state index in [2.05, 4.69) is 4.98 Å². The summed E-state index contributed by atoms with van der Waals surface area (Å²) in [6, 6.07) is 10.5. The van der Waals surface area contributed by atoms with E-state index in [1.165, 1.54) is 24.3 Å². The van der Waals surface area contributed by atoms with Gasteiger partial charge in [-0.25, -0.2) is 8.78 Å². The van der Waals surface area contributed by atoms with Gasteiger partial charge in [0.25, 0.3) is 5.91 Å². The van der Waals surface area contributed by atoms with Crippen molar-refractivity contribution in [1.82, 2.24) is 9.88 Å². The van der Waals surface area contributed by atoms with Crippen LogP contribution in [0.2, 0.25) is 5.02 Å². The fourth-order valence-corrected chi connectivity index (χ4v) is 4.35. The van der Waals surface area contributed by atoms with Crippen LogP contribution in [0, 0.1) is 11.6 Å². The minimum absolute atomic E-state index is 0.133. The number of Topliss-reactive ketones (excluding diaryl/α,β-unsaturated/α-hetero) is 1. The zero-order valence-electron chi connectivity index (χ0n) is 16.8. The molecule has 0 radical (unpaired) electrons. The number of hydrogen-bond donors (Lipinski definition) is 0. The number of fused-ring (bicyclic) bond motifs is 1. The molecular formula is C24H21ClF2N2O2. The quantitative estimate of drug-likeness (QED) is 0.530. The van der Waals surface area contributed by atoms with Crippen molar-refractivity contribution in [2.45, 2.75) is 31.6 Å². The summed E-state index contributed by atoms with van der Waals surface area (Å²) in [4.78, 5) is 31.0. The van der Waals surface area contributed by atoms with E-state index in [9.17, 15) is 18.4 Å². The zero-order valence-corrected chi connectivity index (χ0v) is 17.5. The third kappa shape index (κ3) is 4.74. The summed E-state index contributed by atoms with van der Waals surface area (Å²) >= 11 is 5.74. The number of carbonyl (C=O) groups is 2. The van der Waals surface area contributed by atoms with E-state index in [0.29, 0.717) is 19.5 Å². The Balaban J connectivity index is 1.46. The van der Waals surface area contributed by atoms with Crippen LogP contribution in [0.4, 0.5) is 8.78 Å². The number of likely N-dealkylation sites (tertiary alicyclic amines) is 1. The predicted molar refractivity (Wildman–Crippen MR) is 115 cm³/mol. The lowest BCUT2D eigenvalue weighted by atomic mass is 9.90. The highest BCUT2D eigenvalue weighted by atomic mass is 35.5. The molecule has 0 spiro atoms. The summed E-state index contributed by atoms with van der Waals surface area (Å²) in [5.41, 5.74) is 1.89. The minimum atomic E-state index is -0.642. The topological polar surface area (TPSA) is 50.3 Å². The number of aromatic nitrogens is 1. The molecule has 1 saturated heterocycles. The van der Waals surface area contributed by atoms with Gasteiger partial charge in [0.15, 0.2) is 0 Å². The largest absolute Gasteiger partial charge is 0.336 e. The Morgan fingerprint density at radius 2 is 1.90 bits per heavy atom. The Kier molecular flexibility index (Phi) is 6.28. The first kappa shape index (κ1) is 21.4. The van der Waals surface area contributed by atoms with E-state index < -0.39 is 17.5 Å². The number of carbonyl (C=O) groups excluding carboxylic acids is 2. The van der Waals surface area contributed by atoms with Crippen molar-refractivity contribution in [1.29, 1.82) is 0 Å². The Morgan fingerprint density at radius 1 is 1.06 bits per heavy atom. The molecule has 0 saturated carbocycles. The van der Waals surface area contributed by atoms with Crippen LogP contribution in [0.1, 0.15) is 36.3 Å². The summed E-state index contributed by atoms with van der Waals surface area (Å²) < 4.78 is 27.8. The zero-order chi connectivity index (χ0) is 22.0. The molecule has 0 bridgehead atoms. The molecule has 4 nitrogen and oxygen atoms in total. The van der Waals surface area contributed by atoms with Crippen LogP contribution in [0.3, 0.4) is 0 Å². The summed E-state index contributed by atoms with van der Waals surface area (Å²) in [5, 5.41) is 1.02. The number of hydrogen-bond acceptors (Lipinski definition) is 3. The van der Waals surface area contributed by atoms with Gasteiger partial charge in [-0.05, 0) is 72.7 Å². The summed E-state index contributed by atoms with van der Waals surface area (Å²) in [7, 11) is 0. The van der Waals surface area contributed by atoms with Gasteiger partial charge in [-0.1, -0.05) is 17.7 Å². The number of pyridine rings is 1. The predicted octanol–water partition coefficient (Wildman–Crippen LogP) is 5.07. The average molecular weight is 443 g/mol. The highest BCUT2D eigenvalue weighted by molar-refractivity contribution is 6.36. The van der Waals surface area contributed by atoms with Crippen molar-refractivity contribution in [2.24, 2.45) is 0 Å². The van der Waals surface area contributed by atoms with Crippen LogP contribution in [-0.2, 0) is 16.0 Å². The van der Waals surface area contributed by atoms with Crippen LogP contribution < -0.4 is 0 Å². The molecular weight excluding hydrogens is 422 g/mol. The Hall–Kier alpha value is -2.86. The van der Waals surface area contributed by atoms with Gasteiger partial charge in [0.1, 0.15) is 11.6 Å². The summed E-state index contributed by atoms with van der Waals surface area (Å²) in [6.45, 7) is 0.874. The van der Waals surface area contributed by atoms with Gasteiger partial charge in [0, 0.05) is 36.1 Å². The van der Waals surface area contributed by atoms with Crippen molar-refractivity contribution in [2.75, 3.05) is 13.1 Å². The molecule has 1 aliphatic heterocycles. The van der Waals surface area contributed by atoms with E-state index in [-0.39, 0.29) is 28.7 Å². The third-order valence-electron chi connectivity index (χ3n) is 5.80. The van der Waals surface area contributed by atoms with Gasteiger partial charge in [0.2, 0.25) is 5.78 Å². The SMILES string of the molecule is O=C(Cc1ccc(Cl)cc1F)C(=O)N1CCCC(c2ccnc3ccc(F)cc23)CC1. The Labute approximate surface area is 183 Å². The molecule has 0 aliphatic carbocycles. The molecule has 1 amide bonds. The molecule has 1 aliphatic rings. The van der Waals surface area contributed by atoms with Crippen molar-refractivity contribution in [3.63, 3.8) is 0 Å². The maximum atomic E-state index is 14.0. The molecule has 3 aromatic rings. The molecule has 0 N–H and O–H groups in total. The normalized spacial score (nSPS) is 16.9. The molecule has 4 rings (SSSR count). The summed E-state index contributed by atoms with van der Waals surface area (Å²) in [5.74, 6) is -2.01. The molecule has 2 aromatic carbocycles. The highest BCUT2D eigenvalue weighted by Crippen LogP contribution is 2.33. The van der Waals surface area contributed by atoms with Gasteiger partial charge in [0.05, 0.1) is 5.52 Å². The molecule has 1 aromatic heterocycles. The standard InChI is InChI=1S/C24H21ClF2N2O2/c25-17-4-3-16(21(27)13-17)12-23(30)24(31)29-10-1-2-15(8-11-29)19-7-9-28-22-6-5-18(26)14-20(19)22/h3-7,9,13-15H,1-2,8,10-12H2. The smallest absolute Gasteiger partial charge is 0.290 e. The van der Waals surface area contributed by atoms with Crippen LogP contribution in [0.25, 0.3) is 10.9 Å². The fraction of sp³-hybridized carbons (Fsp3) is 0.292. The molecule has 1 unspecified atom stereocenters. The van der Waals surface area contributed by atoms with E-state index in [4.69, 9.17) is 11.6 Å². The minimum Gasteiger partial charge on any atom is -0.336 e. The fourth-order valence-electron chi connectivity index (χ4n) is 4.20. The lowest BCUT2D eigenvalue weighted by molar-refractivity contribution is -0.144. The van der Waals surface area contributed by atoms with Gasteiger partial charge in [-0.3, -0.25) is 14.6 Å². The van der Waals surface area contributed by atoms with Crippen molar-refractivity contribution < 1.29 is 18.4 Å². The number of amides is 1. The Morgan fingerprint density at radius 3 is 2.71 bits per heavy atom. The second-order valence-corrected chi connectivity index (χ2v) is 8.25. The molecule has 1 atom stereocenters. The first-order chi connectivity index (χ1) is 14.9.